The van der Waals surface area contributed by atoms with Crippen LogP contribution in [0.15, 0.2) is 6.20 Å². The zero-order valence-electron chi connectivity index (χ0n) is 8.87. The number of hydrogen-bond donors (Lipinski definition) is 0. The van der Waals surface area contributed by atoms with Crippen molar-refractivity contribution in [2.45, 2.75) is 51.5 Å². The van der Waals surface area contributed by atoms with E-state index in [1.54, 1.807) is 0 Å². The minimum Gasteiger partial charge on any atom is -0.332 e. The van der Waals surface area contributed by atoms with Gasteiger partial charge in [-0.05, 0) is 31.6 Å². The van der Waals surface area contributed by atoms with Crippen LogP contribution in [0.1, 0.15) is 50.0 Å². The second-order valence-corrected chi connectivity index (χ2v) is 4.99. The average molecular weight is 190 g/mol. The van der Waals surface area contributed by atoms with Gasteiger partial charge in [0.25, 0.3) is 0 Å². The van der Waals surface area contributed by atoms with Crippen molar-refractivity contribution in [2.24, 2.45) is 5.92 Å². The van der Waals surface area contributed by atoms with Crippen molar-refractivity contribution >= 4 is 0 Å². The first kappa shape index (κ1) is 8.51. The van der Waals surface area contributed by atoms with E-state index in [0.29, 0.717) is 0 Å². The lowest BCUT2D eigenvalue weighted by atomic mass is 9.84. The molecule has 1 aromatic heterocycles. The van der Waals surface area contributed by atoms with Crippen molar-refractivity contribution in [2.75, 3.05) is 0 Å². The van der Waals surface area contributed by atoms with Crippen LogP contribution in [0.4, 0.5) is 0 Å². The molecule has 1 atom stereocenters. The van der Waals surface area contributed by atoms with Gasteiger partial charge in [-0.15, -0.1) is 0 Å². The van der Waals surface area contributed by atoms with Gasteiger partial charge in [0.15, 0.2) is 0 Å². The van der Waals surface area contributed by atoms with Crippen LogP contribution < -0.4 is 0 Å². The standard InChI is InChI=1S/C12H18N2/c1-9-5-6-11-7-13-12(14(11)8-9)10-3-2-4-10/h7,9-10H,2-6,8H2,1H3. The molecule has 3 rings (SSSR count). The molecule has 0 spiro atoms. The molecule has 2 heteroatoms. The van der Waals surface area contributed by atoms with Gasteiger partial charge >= 0.3 is 0 Å². The molecule has 0 aromatic carbocycles. The first-order valence-corrected chi connectivity index (χ1v) is 5.89. The fourth-order valence-electron chi connectivity index (χ4n) is 2.63. The second-order valence-electron chi connectivity index (χ2n) is 4.99. The summed E-state index contributed by atoms with van der Waals surface area (Å²) in [7, 11) is 0. The molecule has 1 aliphatic heterocycles. The summed E-state index contributed by atoms with van der Waals surface area (Å²) >= 11 is 0. The molecule has 14 heavy (non-hydrogen) atoms. The minimum atomic E-state index is 0.786. The highest BCUT2D eigenvalue weighted by Crippen LogP contribution is 2.37. The smallest absolute Gasteiger partial charge is 0.111 e. The van der Waals surface area contributed by atoms with E-state index in [4.69, 9.17) is 0 Å². The highest BCUT2D eigenvalue weighted by molar-refractivity contribution is 5.13. The Morgan fingerprint density at radius 1 is 1.36 bits per heavy atom. The van der Waals surface area contributed by atoms with E-state index in [0.717, 1.165) is 11.8 Å². The van der Waals surface area contributed by atoms with Crippen LogP contribution in [-0.2, 0) is 13.0 Å². The summed E-state index contributed by atoms with van der Waals surface area (Å²) in [5.41, 5.74) is 1.48. The molecule has 2 heterocycles. The largest absolute Gasteiger partial charge is 0.332 e. The SMILES string of the molecule is CC1CCc2cnc(C3CCC3)n2C1. The molecule has 76 valence electrons. The van der Waals surface area contributed by atoms with E-state index in [-0.39, 0.29) is 0 Å². The summed E-state index contributed by atoms with van der Waals surface area (Å²) in [5, 5.41) is 0. The van der Waals surface area contributed by atoms with Crippen molar-refractivity contribution in [1.29, 1.82) is 0 Å². The fourth-order valence-corrected chi connectivity index (χ4v) is 2.63. The topological polar surface area (TPSA) is 17.8 Å². The van der Waals surface area contributed by atoms with Crippen LogP contribution in [0.25, 0.3) is 0 Å². The van der Waals surface area contributed by atoms with Crippen molar-refractivity contribution in [3.8, 4) is 0 Å². The average Bonchev–Trinajstić information content (AvgIpc) is 2.46. The molecule has 1 aliphatic carbocycles. The van der Waals surface area contributed by atoms with E-state index in [1.807, 2.05) is 0 Å². The predicted octanol–water partition coefficient (Wildman–Crippen LogP) is 2.73. The Balaban J connectivity index is 1.93. The zero-order chi connectivity index (χ0) is 9.54. The number of rotatable bonds is 1. The van der Waals surface area contributed by atoms with E-state index in [9.17, 15) is 0 Å². The molecule has 2 nitrogen and oxygen atoms in total. The lowest BCUT2D eigenvalue weighted by Gasteiger charge is -2.29. The lowest BCUT2D eigenvalue weighted by molar-refractivity contribution is 0.345. The Labute approximate surface area is 85.3 Å². The fraction of sp³-hybridized carbons (Fsp3) is 0.750. The predicted molar refractivity (Wildman–Crippen MR) is 56.3 cm³/mol. The van der Waals surface area contributed by atoms with Crippen LogP contribution in [0.5, 0.6) is 0 Å². The molecule has 1 saturated carbocycles. The summed E-state index contributed by atoms with van der Waals surface area (Å²) < 4.78 is 2.50. The van der Waals surface area contributed by atoms with Gasteiger partial charge < -0.3 is 4.57 Å². The highest BCUT2D eigenvalue weighted by Gasteiger charge is 2.27. The zero-order valence-corrected chi connectivity index (χ0v) is 8.87. The van der Waals surface area contributed by atoms with Crippen molar-refractivity contribution in [1.82, 2.24) is 9.55 Å². The van der Waals surface area contributed by atoms with Crippen LogP contribution >= 0.6 is 0 Å². The number of nitrogens with zero attached hydrogens (tertiary/aromatic N) is 2. The molecule has 0 amide bonds. The van der Waals surface area contributed by atoms with Gasteiger partial charge in [0.05, 0.1) is 0 Å². The van der Waals surface area contributed by atoms with Crippen LogP contribution in [0.3, 0.4) is 0 Å². The third-order valence-corrected chi connectivity index (χ3v) is 3.83. The van der Waals surface area contributed by atoms with Crippen LogP contribution in [-0.4, -0.2) is 9.55 Å². The minimum absolute atomic E-state index is 0.786. The van der Waals surface area contributed by atoms with Gasteiger partial charge in [0, 0.05) is 24.4 Å². The Kier molecular flexibility index (Phi) is 1.89. The highest BCUT2D eigenvalue weighted by atomic mass is 15.1. The van der Waals surface area contributed by atoms with Gasteiger partial charge in [-0.1, -0.05) is 13.3 Å². The number of hydrogen-bond acceptors (Lipinski definition) is 1. The normalized spacial score (nSPS) is 27.1. The van der Waals surface area contributed by atoms with Gasteiger partial charge in [-0.3, -0.25) is 0 Å². The Bertz CT molecular complexity index is 336. The lowest BCUT2D eigenvalue weighted by Crippen LogP contribution is -2.22. The molecule has 0 N–H and O–H groups in total. The molecule has 1 fully saturated rings. The second kappa shape index (κ2) is 3.11. The molecule has 1 aromatic rings. The molecule has 2 aliphatic rings. The van der Waals surface area contributed by atoms with E-state index in [1.165, 1.54) is 50.2 Å². The quantitative estimate of drug-likeness (QED) is 0.665. The third kappa shape index (κ3) is 1.20. The van der Waals surface area contributed by atoms with Gasteiger partial charge in [-0.2, -0.15) is 0 Å². The molecule has 0 bridgehead atoms. The molecule has 0 radical (unpaired) electrons. The summed E-state index contributed by atoms with van der Waals surface area (Å²) in [4.78, 5) is 4.62. The maximum atomic E-state index is 4.62. The molecule has 1 unspecified atom stereocenters. The summed E-state index contributed by atoms with van der Waals surface area (Å²) in [6.07, 6.45) is 8.83. The van der Waals surface area contributed by atoms with E-state index < -0.39 is 0 Å². The Morgan fingerprint density at radius 2 is 2.21 bits per heavy atom. The van der Waals surface area contributed by atoms with Crippen molar-refractivity contribution in [3.63, 3.8) is 0 Å². The maximum Gasteiger partial charge on any atom is 0.111 e. The first-order chi connectivity index (χ1) is 6.84. The molecular weight excluding hydrogens is 172 g/mol. The number of imidazole rings is 1. The Morgan fingerprint density at radius 3 is 2.93 bits per heavy atom. The van der Waals surface area contributed by atoms with E-state index in [2.05, 4.69) is 22.7 Å². The summed E-state index contributed by atoms with van der Waals surface area (Å²) in [5.74, 6) is 3.02. The van der Waals surface area contributed by atoms with Gasteiger partial charge in [0.1, 0.15) is 5.82 Å². The van der Waals surface area contributed by atoms with E-state index >= 15 is 0 Å². The monoisotopic (exact) mass is 190 g/mol. The third-order valence-electron chi connectivity index (χ3n) is 3.83. The molecule has 0 saturated heterocycles. The number of fused-ring (bicyclic) bond motifs is 1. The summed E-state index contributed by atoms with van der Waals surface area (Å²) in [6, 6.07) is 0. The Hall–Kier alpha value is -0.790. The van der Waals surface area contributed by atoms with Crippen LogP contribution in [0.2, 0.25) is 0 Å². The van der Waals surface area contributed by atoms with Crippen LogP contribution in [0, 0.1) is 5.92 Å². The van der Waals surface area contributed by atoms with Gasteiger partial charge in [0.2, 0.25) is 0 Å². The molecular formula is C12H18N2. The first-order valence-electron chi connectivity index (χ1n) is 5.89. The maximum absolute atomic E-state index is 4.62. The van der Waals surface area contributed by atoms with Crippen molar-refractivity contribution in [3.05, 3.63) is 17.7 Å². The number of aryl methyl sites for hydroxylation is 1. The van der Waals surface area contributed by atoms with Gasteiger partial charge in [-0.25, -0.2) is 4.98 Å². The van der Waals surface area contributed by atoms with Crippen molar-refractivity contribution < 1.29 is 0 Å². The summed E-state index contributed by atoms with van der Waals surface area (Å²) in [6.45, 7) is 3.56. The number of aromatic nitrogens is 2.